The maximum absolute atomic E-state index is 11.5. The summed E-state index contributed by atoms with van der Waals surface area (Å²) < 4.78 is 4.74. The fraction of sp³-hybridized carbons (Fsp3) is 0.400. The SMILES string of the molecule is COC(=O)c1ccc2nc3c(nc2c1)[C@H]1CC[C@@H]3C1. The number of benzene rings is 1. The first-order valence-corrected chi connectivity index (χ1v) is 6.66. The molecule has 1 fully saturated rings. The number of ether oxygens (including phenoxy) is 1. The van der Waals surface area contributed by atoms with Gasteiger partial charge in [-0.25, -0.2) is 14.8 Å². The summed E-state index contributed by atoms with van der Waals surface area (Å²) in [7, 11) is 1.39. The number of hydrogen-bond donors (Lipinski definition) is 0. The third kappa shape index (κ3) is 1.49. The van der Waals surface area contributed by atoms with Gasteiger partial charge < -0.3 is 4.74 Å². The highest BCUT2D eigenvalue weighted by Gasteiger charge is 2.39. The first-order valence-electron chi connectivity index (χ1n) is 6.66. The van der Waals surface area contributed by atoms with E-state index in [0.29, 0.717) is 17.4 Å². The molecule has 1 heterocycles. The maximum Gasteiger partial charge on any atom is 0.337 e. The minimum atomic E-state index is -0.328. The summed E-state index contributed by atoms with van der Waals surface area (Å²) in [5.41, 5.74) is 4.56. The summed E-state index contributed by atoms with van der Waals surface area (Å²) in [6.07, 6.45) is 3.68. The van der Waals surface area contributed by atoms with Gasteiger partial charge in [0.15, 0.2) is 0 Å². The van der Waals surface area contributed by atoms with E-state index in [0.717, 1.165) is 16.7 Å². The molecular weight excluding hydrogens is 240 g/mol. The molecule has 4 heteroatoms. The van der Waals surface area contributed by atoms with E-state index >= 15 is 0 Å². The van der Waals surface area contributed by atoms with Crippen molar-refractivity contribution in [3.63, 3.8) is 0 Å². The number of esters is 1. The molecule has 2 aliphatic rings. The zero-order valence-electron chi connectivity index (χ0n) is 10.7. The lowest BCUT2D eigenvalue weighted by molar-refractivity contribution is 0.0601. The number of methoxy groups -OCH3 is 1. The topological polar surface area (TPSA) is 52.1 Å². The summed E-state index contributed by atoms with van der Waals surface area (Å²) in [6, 6.07) is 5.39. The minimum Gasteiger partial charge on any atom is -0.465 e. The number of carbonyl (C=O) groups excluding carboxylic acids is 1. The van der Waals surface area contributed by atoms with E-state index in [4.69, 9.17) is 14.7 Å². The third-order valence-electron chi connectivity index (χ3n) is 4.35. The van der Waals surface area contributed by atoms with Gasteiger partial charge in [-0.05, 0) is 37.5 Å². The molecule has 0 N–H and O–H groups in total. The van der Waals surface area contributed by atoms with Crippen LogP contribution in [-0.4, -0.2) is 23.0 Å². The molecule has 96 valence electrons. The highest BCUT2D eigenvalue weighted by Crippen LogP contribution is 2.51. The third-order valence-corrected chi connectivity index (χ3v) is 4.35. The van der Waals surface area contributed by atoms with Crippen LogP contribution in [0.25, 0.3) is 11.0 Å². The average Bonchev–Trinajstić information content (AvgIpc) is 3.05. The van der Waals surface area contributed by atoms with E-state index in [2.05, 4.69) is 0 Å². The molecule has 0 aliphatic heterocycles. The van der Waals surface area contributed by atoms with Gasteiger partial charge in [0.25, 0.3) is 0 Å². The smallest absolute Gasteiger partial charge is 0.337 e. The van der Waals surface area contributed by atoms with Crippen LogP contribution in [0.4, 0.5) is 0 Å². The summed E-state index contributed by atoms with van der Waals surface area (Å²) in [6.45, 7) is 0. The van der Waals surface area contributed by atoms with Crippen molar-refractivity contribution in [2.24, 2.45) is 0 Å². The quantitative estimate of drug-likeness (QED) is 0.734. The summed E-state index contributed by atoms with van der Waals surface area (Å²) in [4.78, 5) is 21.0. The molecular formula is C15H14N2O2. The van der Waals surface area contributed by atoms with Crippen molar-refractivity contribution in [3.8, 4) is 0 Å². The van der Waals surface area contributed by atoms with Crippen LogP contribution >= 0.6 is 0 Å². The molecule has 1 aromatic heterocycles. The first kappa shape index (κ1) is 10.9. The van der Waals surface area contributed by atoms with Gasteiger partial charge in [0, 0.05) is 11.8 Å². The second-order valence-electron chi connectivity index (χ2n) is 5.40. The highest BCUT2D eigenvalue weighted by atomic mass is 16.5. The molecule has 4 nitrogen and oxygen atoms in total. The lowest BCUT2D eigenvalue weighted by Crippen LogP contribution is -2.06. The van der Waals surface area contributed by atoms with Crippen LogP contribution in [0.2, 0.25) is 0 Å². The predicted molar refractivity (Wildman–Crippen MR) is 70.2 cm³/mol. The van der Waals surface area contributed by atoms with Gasteiger partial charge in [0.05, 0.1) is 35.1 Å². The van der Waals surface area contributed by atoms with Gasteiger partial charge in [-0.1, -0.05) is 0 Å². The fourth-order valence-electron chi connectivity index (χ4n) is 3.41. The molecule has 0 amide bonds. The lowest BCUT2D eigenvalue weighted by Gasteiger charge is -2.14. The standard InChI is InChI=1S/C15H14N2O2/c1-19-15(18)10-4-5-11-12(7-10)17-14-9-3-2-8(6-9)13(14)16-11/h4-5,7-9H,2-3,6H2,1H3/t8-,9+/m1/s1. The van der Waals surface area contributed by atoms with Crippen LogP contribution in [0.1, 0.15) is 52.8 Å². The van der Waals surface area contributed by atoms with Crippen molar-refractivity contribution in [2.75, 3.05) is 7.11 Å². The Bertz CT molecular complexity index is 696. The molecule has 2 bridgehead atoms. The summed E-state index contributed by atoms with van der Waals surface area (Å²) in [5, 5.41) is 0. The molecule has 4 rings (SSSR count). The van der Waals surface area contributed by atoms with Gasteiger partial charge in [0.1, 0.15) is 0 Å². The fourth-order valence-corrected chi connectivity index (χ4v) is 3.41. The first-order chi connectivity index (χ1) is 9.26. The van der Waals surface area contributed by atoms with E-state index in [1.165, 1.54) is 32.1 Å². The molecule has 0 saturated heterocycles. The molecule has 19 heavy (non-hydrogen) atoms. The molecule has 0 spiro atoms. The zero-order valence-corrected chi connectivity index (χ0v) is 10.7. The Balaban J connectivity index is 1.89. The number of carbonyl (C=O) groups is 1. The normalized spacial score (nSPS) is 23.6. The summed E-state index contributed by atoms with van der Waals surface area (Å²) in [5.74, 6) is 0.863. The minimum absolute atomic E-state index is 0.328. The molecule has 0 radical (unpaired) electrons. The Kier molecular flexibility index (Phi) is 2.16. The number of nitrogens with zero attached hydrogens (tertiary/aromatic N) is 2. The van der Waals surface area contributed by atoms with E-state index in [1.807, 2.05) is 6.07 Å². The lowest BCUT2D eigenvalue weighted by atomic mass is 10.00. The van der Waals surface area contributed by atoms with Crippen molar-refractivity contribution in [3.05, 3.63) is 35.2 Å². The molecule has 0 unspecified atom stereocenters. The second-order valence-corrected chi connectivity index (χ2v) is 5.40. The van der Waals surface area contributed by atoms with Gasteiger partial charge in [0.2, 0.25) is 0 Å². The number of hydrogen-bond acceptors (Lipinski definition) is 4. The zero-order chi connectivity index (χ0) is 13.0. The van der Waals surface area contributed by atoms with Crippen molar-refractivity contribution in [2.45, 2.75) is 31.1 Å². The Hall–Kier alpha value is -1.97. The van der Waals surface area contributed by atoms with E-state index in [-0.39, 0.29) is 5.97 Å². The van der Waals surface area contributed by atoms with E-state index in [1.54, 1.807) is 12.1 Å². The van der Waals surface area contributed by atoms with Crippen LogP contribution in [0.15, 0.2) is 18.2 Å². The Morgan fingerprint density at radius 1 is 1.16 bits per heavy atom. The van der Waals surface area contributed by atoms with Crippen molar-refractivity contribution in [1.82, 2.24) is 9.97 Å². The van der Waals surface area contributed by atoms with Gasteiger partial charge in [-0.3, -0.25) is 0 Å². The van der Waals surface area contributed by atoms with Crippen LogP contribution in [-0.2, 0) is 4.74 Å². The number of aromatic nitrogens is 2. The Morgan fingerprint density at radius 2 is 1.84 bits per heavy atom. The largest absolute Gasteiger partial charge is 0.465 e. The maximum atomic E-state index is 11.5. The van der Waals surface area contributed by atoms with Crippen molar-refractivity contribution >= 4 is 17.0 Å². The highest BCUT2D eigenvalue weighted by molar-refractivity contribution is 5.93. The summed E-state index contributed by atoms with van der Waals surface area (Å²) >= 11 is 0. The van der Waals surface area contributed by atoms with E-state index < -0.39 is 0 Å². The molecule has 2 aliphatic carbocycles. The van der Waals surface area contributed by atoms with E-state index in [9.17, 15) is 4.79 Å². The van der Waals surface area contributed by atoms with Gasteiger partial charge in [-0.15, -0.1) is 0 Å². The number of rotatable bonds is 1. The molecule has 2 aromatic rings. The van der Waals surface area contributed by atoms with Crippen molar-refractivity contribution < 1.29 is 9.53 Å². The Morgan fingerprint density at radius 3 is 2.53 bits per heavy atom. The second kappa shape index (κ2) is 3.76. The predicted octanol–water partition coefficient (Wildman–Crippen LogP) is 2.78. The average molecular weight is 254 g/mol. The van der Waals surface area contributed by atoms with Gasteiger partial charge >= 0.3 is 5.97 Å². The van der Waals surface area contributed by atoms with Crippen LogP contribution in [0.5, 0.6) is 0 Å². The van der Waals surface area contributed by atoms with Crippen LogP contribution < -0.4 is 0 Å². The van der Waals surface area contributed by atoms with Crippen LogP contribution in [0.3, 0.4) is 0 Å². The number of fused-ring (bicyclic) bond motifs is 6. The molecule has 2 atom stereocenters. The Labute approximate surface area is 110 Å². The van der Waals surface area contributed by atoms with Crippen molar-refractivity contribution in [1.29, 1.82) is 0 Å². The van der Waals surface area contributed by atoms with Crippen LogP contribution in [0, 0.1) is 0 Å². The van der Waals surface area contributed by atoms with Gasteiger partial charge in [-0.2, -0.15) is 0 Å². The molecule has 1 aromatic carbocycles. The molecule has 1 saturated carbocycles. The monoisotopic (exact) mass is 254 g/mol.